The van der Waals surface area contributed by atoms with E-state index < -0.39 is 0 Å². The second-order valence-electron chi connectivity index (χ2n) is 6.98. The van der Waals surface area contributed by atoms with E-state index in [1.165, 1.54) is 10.4 Å². The van der Waals surface area contributed by atoms with Gasteiger partial charge in [0, 0.05) is 30.9 Å². The predicted molar refractivity (Wildman–Crippen MR) is 114 cm³/mol. The van der Waals surface area contributed by atoms with E-state index in [1.54, 1.807) is 11.3 Å². The first kappa shape index (κ1) is 20.3. The number of hydrogen-bond acceptors (Lipinski definition) is 4. The van der Waals surface area contributed by atoms with Gasteiger partial charge in [0.05, 0.1) is 23.8 Å². The Morgan fingerprint density at radius 2 is 2.04 bits per heavy atom. The average molecular weight is 400 g/mol. The molecule has 1 fully saturated rings. The largest absolute Gasteiger partial charge is 0.357 e. The van der Waals surface area contributed by atoms with E-state index >= 15 is 0 Å². The molecule has 1 aliphatic heterocycles. The number of likely N-dealkylation sites (tertiary alicyclic amines) is 1. The van der Waals surface area contributed by atoms with Crippen LogP contribution in [0.3, 0.4) is 0 Å². The van der Waals surface area contributed by atoms with Crippen LogP contribution in [0.1, 0.15) is 46.5 Å². The number of nitrogens with zero attached hydrogens (tertiary/aromatic N) is 3. The van der Waals surface area contributed by atoms with Gasteiger partial charge in [0.2, 0.25) is 5.91 Å². The fourth-order valence-corrected chi connectivity index (χ4v) is 4.23. The lowest BCUT2D eigenvalue weighted by atomic mass is 10.1. The molecule has 2 heterocycles. The molecule has 3 rings (SSSR count). The third kappa shape index (κ3) is 5.32. The minimum atomic E-state index is 0.253. The molecule has 0 saturated carbocycles. The van der Waals surface area contributed by atoms with Crippen molar-refractivity contribution in [1.29, 1.82) is 0 Å². The molecule has 1 amide bonds. The van der Waals surface area contributed by atoms with Crippen molar-refractivity contribution < 1.29 is 4.79 Å². The summed E-state index contributed by atoms with van der Waals surface area (Å²) >= 11 is 1.72. The maximum Gasteiger partial charge on any atom is 0.222 e. The van der Waals surface area contributed by atoms with Crippen LogP contribution in [0.15, 0.2) is 29.3 Å². The van der Waals surface area contributed by atoms with Gasteiger partial charge in [-0.25, -0.2) is 9.98 Å². The van der Waals surface area contributed by atoms with Gasteiger partial charge in [0.25, 0.3) is 0 Å². The molecule has 1 aromatic heterocycles. The van der Waals surface area contributed by atoms with Gasteiger partial charge in [-0.15, -0.1) is 11.3 Å². The molecule has 0 unspecified atom stereocenters. The lowest BCUT2D eigenvalue weighted by molar-refractivity contribution is -0.128. The lowest BCUT2D eigenvalue weighted by Crippen LogP contribution is -2.36. The highest BCUT2D eigenvalue weighted by Gasteiger charge is 2.20. The molecule has 0 radical (unpaired) electrons. The molecular formula is C21H29N5OS. The number of benzene rings is 1. The molecule has 1 saturated heterocycles. The fraction of sp³-hybridized carbons (Fsp3) is 0.476. The van der Waals surface area contributed by atoms with Gasteiger partial charge in [-0.2, -0.15) is 0 Å². The van der Waals surface area contributed by atoms with Crippen LogP contribution in [0.2, 0.25) is 0 Å². The average Bonchev–Trinajstić information content (AvgIpc) is 3.22. The summed E-state index contributed by atoms with van der Waals surface area (Å²) in [6.45, 7) is 9.76. The van der Waals surface area contributed by atoms with E-state index in [0.29, 0.717) is 26.1 Å². The molecular weight excluding hydrogens is 370 g/mol. The summed E-state index contributed by atoms with van der Waals surface area (Å²) < 4.78 is 0. The summed E-state index contributed by atoms with van der Waals surface area (Å²) in [6, 6.07) is 8.26. The first-order valence-electron chi connectivity index (χ1n) is 9.86. The zero-order valence-electron chi connectivity index (χ0n) is 16.9. The van der Waals surface area contributed by atoms with E-state index in [9.17, 15) is 4.79 Å². The van der Waals surface area contributed by atoms with Gasteiger partial charge in [0.15, 0.2) is 5.96 Å². The van der Waals surface area contributed by atoms with Crippen LogP contribution in [0.4, 0.5) is 0 Å². The number of guanidine groups is 1. The summed E-state index contributed by atoms with van der Waals surface area (Å²) in [5.41, 5.74) is 3.40. The van der Waals surface area contributed by atoms with Crippen LogP contribution >= 0.6 is 11.3 Å². The molecule has 1 aromatic carbocycles. The van der Waals surface area contributed by atoms with E-state index in [1.807, 2.05) is 30.9 Å². The van der Waals surface area contributed by atoms with Gasteiger partial charge < -0.3 is 15.5 Å². The third-order valence-electron chi connectivity index (χ3n) is 4.82. The predicted octanol–water partition coefficient (Wildman–Crippen LogP) is 3.14. The van der Waals surface area contributed by atoms with Crippen molar-refractivity contribution in [1.82, 2.24) is 20.5 Å². The van der Waals surface area contributed by atoms with Crippen LogP contribution in [-0.2, 0) is 24.4 Å². The van der Waals surface area contributed by atoms with Crippen LogP contribution in [-0.4, -0.2) is 34.8 Å². The third-order valence-corrected chi connectivity index (χ3v) is 5.89. The molecule has 0 aliphatic carbocycles. The molecule has 6 nitrogen and oxygen atoms in total. The Bertz CT molecular complexity index is 845. The van der Waals surface area contributed by atoms with Crippen molar-refractivity contribution in [2.24, 2.45) is 4.99 Å². The van der Waals surface area contributed by atoms with Crippen LogP contribution in [0.25, 0.3) is 0 Å². The number of aryl methyl sites for hydroxylation is 2. The van der Waals surface area contributed by atoms with Crippen LogP contribution in [0, 0.1) is 13.8 Å². The zero-order chi connectivity index (χ0) is 19.9. The first-order valence-corrected chi connectivity index (χ1v) is 10.7. The molecule has 0 spiro atoms. The number of carbonyl (C=O) groups is 1. The number of aromatic nitrogens is 1. The SMILES string of the molecule is CCNC(=NCc1ccccc1CN1CCCC1=O)NCc1sc(C)nc1C. The number of aliphatic imine (C=N–C) groups is 1. The monoisotopic (exact) mass is 399 g/mol. The highest BCUT2D eigenvalue weighted by Crippen LogP contribution is 2.18. The smallest absolute Gasteiger partial charge is 0.222 e. The Labute approximate surface area is 171 Å². The van der Waals surface area contributed by atoms with Crippen molar-refractivity contribution in [3.05, 3.63) is 51.0 Å². The minimum absolute atomic E-state index is 0.253. The zero-order valence-corrected chi connectivity index (χ0v) is 17.7. The Balaban J connectivity index is 1.67. The Kier molecular flexibility index (Phi) is 7.03. The number of amides is 1. The van der Waals surface area contributed by atoms with E-state index in [4.69, 9.17) is 4.99 Å². The van der Waals surface area contributed by atoms with Gasteiger partial charge in [0.1, 0.15) is 0 Å². The highest BCUT2D eigenvalue weighted by molar-refractivity contribution is 7.11. The second-order valence-corrected chi connectivity index (χ2v) is 8.27. The number of carbonyl (C=O) groups excluding carboxylic acids is 1. The number of thiazole rings is 1. The lowest BCUT2D eigenvalue weighted by Gasteiger charge is -2.18. The molecule has 0 atom stereocenters. The van der Waals surface area contributed by atoms with Crippen molar-refractivity contribution in [2.75, 3.05) is 13.1 Å². The molecule has 7 heteroatoms. The summed E-state index contributed by atoms with van der Waals surface area (Å²) in [7, 11) is 0. The maximum absolute atomic E-state index is 12.0. The first-order chi connectivity index (χ1) is 13.6. The molecule has 0 bridgehead atoms. The molecule has 2 aromatic rings. The number of rotatable bonds is 7. The summed E-state index contributed by atoms with van der Waals surface area (Å²) in [5.74, 6) is 1.04. The fourth-order valence-electron chi connectivity index (χ4n) is 3.35. The summed E-state index contributed by atoms with van der Waals surface area (Å²) in [6.07, 6.45) is 1.63. The van der Waals surface area contributed by atoms with Crippen molar-refractivity contribution in [3.8, 4) is 0 Å². The molecule has 2 N–H and O–H groups in total. The summed E-state index contributed by atoms with van der Waals surface area (Å²) in [5, 5.41) is 7.80. The standard InChI is InChI=1S/C21H29N5OS/c1-4-22-21(24-13-19-15(2)25-16(3)28-19)23-12-17-8-5-6-9-18(17)14-26-11-7-10-20(26)27/h5-6,8-9H,4,7,10-14H2,1-3H3,(H2,22,23,24). The number of hydrogen-bond donors (Lipinski definition) is 2. The van der Waals surface area contributed by atoms with Gasteiger partial charge in [-0.3, -0.25) is 4.79 Å². The quantitative estimate of drug-likeness (QED) is 0.554. The Morgan fingerprint density at radius 3 is 2.68 bits per heavy atom. The van der Waals surface area contributed by atoms with E-state index in [2.05, 4.69) is 34.7 Å². The molecule has 28 heavy (non-hydrogen) atoms. The van der Waals surface area contributed by atoms with Gasteiger partial charge in [-0.05, 0) is 38.3 Å². The van der Waals surface area contributed by atoms with Gasteiger partial charge in [-0.1, -0.05) is 24.3 Å². The number of nitrogens with one attached hydrogen (secondary N) is 2. The van der Waals surface area contributed by atoms with Crippen molar-refractivity contribution in [3.63, 3.8) is 0 Å². The Morgan fingerprint density at radius 1 is 1.25 bits per heavy atom. The Hall–Kier alpha value is -2.41. The van der Waals surface area contributed by atoms with Crippen molar-refractivity contribution >= 4 is 23.2 Å². The maximum atomic E-state index is 12.0. The minimum Gasteiger partial charge on any atom is -0.357 e. The van der Waals surface area contributed by atoms with Crippen molar-refractivity contribution in [2.45, 2.75) is 53.2 Å². The topological polar surface area (TPSA) is 69.6 Å². The molecule has 1 aliphatic rings. The van der Waals surface area contributed by atoms with Gasteiger partial charge >= 0.3 is 0 Å². The summed E-state index contributed by atoms with van der Waals surface area (Å²) in [4.78, 5) is 24.4. The molecule has 150 valence electrons. The highest BCUT2D eigenvalue weighted by atomic mass is 32.1. The van der Waals surface area contributed by atoms with E-state index in [0.717, 1.165) is 41.7 Å². The normalized spacial score (nSPS) is 14.6. The second kappa shape index (κ2) is 9.68. The van der Waals surface area contributed by atoms with Crippen LogP contribution in [0.5, 0.6) is 0 Å². The van der Waals surface area contributed by atoms with Crippen LogP contribution < -0.4 is 10.6 Å². The van der Waals surface area contributed by atoms with E-state index in [-0.39, 0.29) is 5.91 Å².